The second-order valence-electron chi connectivity index (χ2n) is 7.53. The average molecular weight is 408 g/mol. The maximum atomic E-state index is 12.4. The van der Waals surface area contributed by atoms with Gasteiger partial charge in [0.25, 0.3) is 0 Å². The second-order valence-corrected chi connectivity index (χ2v) is 8.61. The van der Waals surface area contributed by atoms with Gasteiger partial charge >= 0.3 is 0 Å². The maximum Gasteiger partial charge on any atom is 0.225 e. The topological polar surface area (TPSA) is 107 Å². The number of rotatable bonds is 3. The summed E-state index contributed by atoms with van der Waals surface area (Å²) in [4.78, 5) is 25.1. The first kappa shape index (κ1) is 17.9. The van der Waals surface area contributed by atoms with Crippen LogP contribution in [0.15, 0.2) is 24.7 Å². The van der Waals surface area contributed by atoms with Crippen molar-refractivity contribution in [1.29, 1.82) is 0 Å². The van der Waals surface area contributed by atoms with E-state index in [0.717, 1.165) is 40.4 Å². The summed E-state index contributed by atoms with van der Waals surface area (Å²) in [5, 5.41) is 22.4. The molecule has 1 amide bonds. The number of phenols is 1. The summed E-state index contributed by atoms with van der Waals surface area (Å²) < 4.78 is 0. The van der Waals surface area contributed by atoms with Crippen LogP contribution in [0.4, 0.5) is 11.5 Å². The molecule has 0 bridgehead atoms. The van der Waals surface area contributed by atoms with Crippen molar-refractivity contribution in [2.45, 2.75) is 19.3 Å². The van der Waals surface area contributed by atoms with Crippen molar-refractivity contribution >= 4 is 49.9 Å². The van der Waals surface area contributed by atoms with Gasteiger partial charge in [-0.3, -0.25) is 9.89 Å². The summed E-state index contributed by atoms with van der Waals surface area (Å²) in [6.07, 6.45) is 5.61. The van der Waals surface area contributed by atoms with Gasteiger partial charge in [-0.25, -0.2) is 9.97 Å². The summed E-state index contributed by atoms with van der Waals surface area (Å²) in [7, 11) is 3.61. The normalized spacial score (nSPS) is 16.1. The SMILES string of the molecule is CN(C)C(=O)[C@H]1CCc2c(sc3ncnc(Nc4cc5cn[nH]c5cc4O)c23)C1. The Morgan fingerprint density at radius 1 is 1.34 bits per heavy atom. The molecule has 0 spiro atoms. The minimum atomic E-state index is 0.0162. The molecule has 0 saturated carbocycles. The number of phenolic OH excluding ortho intramolecular Hbond substituents is 1. The fourth-order valence-corrected chi connectivity index (χ4v) is 5.26. The number of aromatic amines is 1. The Morgan fingerprint density at radius 3 is 3.03 bits per heavy atom. The summed E-state index contributed by atoms with van der Waals surface area (Å²) in [6.45, 7) is 0. The lowest BCUT2D eigenvalue weighted by Gasteiger charge is -2.24. The van der Waals surface area contributed by atoms with Crippen LogP contribution in [0.5, 0.6) is 5.75 Å². The number of anilines is 2. The van der Waals surface area contributed by atoms with Crippen molar-refractivity contribution < 1.29 is 9.90 Å². The number of thiophene rings is 1. The number of nitrogens with zero attached hydrogens (tertiary/aromatic N) is 4. The number of carbonyl (C=O) groups is 1. The molecule has 148 valence electrons. The van der Waals surface area contributed by atoms with E-state index < -0.39 is 0 Å². The molecule has 9 heteroatoms. The third kappa shape index (κ3) is 2.98. The van der Waals surface area contributed by atoms with Gasteiger partial charge in [-0.2, -0.15) is 5.10 Å². The van der Waals surface area contributed by atoms with Crippen LogP contribution in [0.3, 0.4) is 0 Å². The molecule has 0 saturated heterocycles. The lowest BCUT2D eigenvalue weighted by molar-refractivity contribution is -0.133. The van der Waals surface area contributed by atoms with E-state index in [0.29, 0.717) is 11.5 Å². The fraction of sp³-hybridized carbons (Fsp3) is 0.300. The van der Waals surface area contributed by atoms with Crippen LogP contribution in [-0.2, 0) is 17.6 Å². The molecular formula is C20H20N6O2S. The number of H-pyrrole nitrogens is 1. The van der Waals surface area contributed by atoms with Crippen LogP contribution in [0.1, 0.15) is 16.9 Å². The van der Waals surface area contributed by atoms with Crippen molar-refractivity contribution in [1.82, 2.24) is 25.1 Å². The first-order valence-electron chi connectivity index (χ1n) is 9.41. The number of aromatic hydroxyl groups is 1. The van der Waals surface area contributed by atoms with Gasteiger partial charge in [0, 0.05) is 36.3 Å². The van der Waals surface area contributed by atoms with E-state index in [-0.39, 0.29) is 17.6 Å². The zero-order valence-electron chi connectivity index (χ0n) is 16.1. The van der Waals surface area contributed by atoms with Crippen LogP contribution in [-0.4, -0.2) is 50.2 Å². The highest BCUT2D eigenvalue weighted by molar-refractivity contribution is 7.19. The van der Waals surface area contributed by atoms with Crippen molar-refractivity contribution in [3.63, 3.8) is 0 Å². The number of carbonyl (C=O) groups excluding carboxylic acids is 1. The van der Waals surface area contributed by atoms with Gasteiger partial charge in [0.1, 0.15) is 22.7 Å². The summed E-state index contributed by atoms with van der Waals surface area (Å²) in [6, 6.07) is 3.48. The molecule has 0 fully saturated rings. The molecule has 0 radical (unpaired) electrons. The number of nitrogens with one attached hydrogen (secondary N) is 2. The molecule has 1 atom stereocenters. The fourth-order valence-electron chi connectivity index (χ4n) is 3.99. The zero-order valence-corrected chi connectivity index (χ0v) is 16.9. The molecular weight excluding hydrogens is 388 g/mol. The first-order valence-corrected chi connectivity index (χ1v) is 10.2. The van der Waals surface area contributed by atoms with Crippen molar-refractivity contribution in [3.8, 4) is 5.75 Å². The summed E-state index contributed by atoms with van der Waals surface area (Å²) >= 11 is 1.63. The van der Waals surface area contributed by atoms with Crippen LogP contribution >= 0.6 is 11.3 Å². The Balaban J connectivity index is 1.54. The zero-order chi connectivity index (χ0) is 20.1. The Morgan fingerprint density at radius 2 is 2.21 bits per heavy atom. The maximum absolute atomic E-state index is 12.4. The summed E-state index contributed by atoms with van der Waals surface area (Å²) in [5.74, 6) is 0.982. The van der Waals surface area contributed by atoms with Crippen molar-refractivity contribution in [2.24, 2.45) is 5.92 Å². The number of aromatic nitrogens is 4. The van der Waals surface area contributed by atoms with Crippen molar-refractivity contribution in [2.75, 3.05) is 19.4 Å². The van der Waals surface area contributed by atoms with Gasteiger partial charge in [0.05, 0.1) is 22.8 Å². The highest BCUT2D eigenvalue weighted by Gasteiger charge is 2.30. The Labute approximate surface area is 170 Å². The molecule has 1 aliphatic carbocycles. The van der Waals surface area contributed by atoms with Gasteiger partial charge < -0.3 is 15.3 Å². The van der Waals surface area contributed by atoms with Gasteiger partial charge in [-0.15, -0.1) is 11.3 Å². The molecule has 1 aliphatic rings. The molecule has 3 heterocycles. The standard InChI is InChI=1S/C20H20N6O2S/c1-26(2)20(28)10-3-4-12-16(6-10)29-19-17(12)18(21-9-22-19)24-14-5-11-8-23-25-13(11)7-15(14)27/h5,7-10,27H,3-4,6H2,1-2H3,(H,23,25)(H,21,22,24)/t10-/m0/s1. The third-order valence-electron chi connectivity index (χ3n) is 5.44. The highest BCUT2D eigenvalue weighted by Crippen LogP contribution is 2.41. The number of hydrogen-bond acceptors (Lipinski definition) is 7. The van der Waals surface area contributed by atoms with E-state index in [1.54, 1.807) is 42.6 Å². The highest BCUT2D eigenvalue weighted by atomic mass is 32.1. The number of hydrogen-bond donors (Lipinski definition) is 3. The largest absolute Gasteiger partial charge is 0.506 e. The van der Waals surface area contributed by atoms with Gasteiger partial charge in [0.2, 0.25) is 5.91 Å². The van der Waals surface area contributed by atoms with E-state index >= 15 is 0 Å². The Hall–Kier alpha value is -3.20. The van der Waals surface area contributed by atoms with E-state index in [2.05, 4.69) is 25.5 Å². The minimum Gasteiger partial charge on any atom is -0.506 e. The van der Waals surface area contributed by atoms with Gasteiger partial charge in [0.15, 0.2) is 0 Å². The van der Waals surface area contributed by atoms with E-state index in [1.807, 2.05) is 6.07 Å². The molecule has 4 aromatic rings. The Kier molecular flexibility index (Phi) is 4.13. The Bertz CT molecular complexity index is 1240. The monoisotopic (exact) mass is 408 g/mol. The third-order valence-corrected chi connectivity index (χ3v) is 6.61. The number of benzene rings is 1. The van der Waals surface area contributed by atoms with Crippen LogP contribution in [0, 0.1) is 5.92 Å². The van der Waals surface area contributed by atoms with E-state index in [1.165, 1.54) is 16.8 Å². The second kappa shape index (κ2) is 6.70. The lowest BCUT2D eigenvalue weighted by atomic mass is 9.87. The number of amides is 1. The smallest absolute Gasteiger partial charge is 0.225 e. The molecule has 3 N–H and O–H groups in total. The van der Waals surface area contributed by atoms with Crippen molar-refractivity contribution in [3.05, 3.63) is 35.1 Å². The number of aryl methyl sites for hydroxylation is 1. The molecule has 1 aromatic carbocycles. The molecule has 0 aliphatic heterocycles. The minimum absolute atomic E-state index is 0.0162. The predicted molar refractivity (Wildman–Crippen MR) is 113 cm³/mol. The van der Waals surface area contributed by atoms with E-state index in [9.17, 15) is 9.90 Å². The molecule has 5 rings (SSSR count). The molecule has 8 nitrogen and oxygen atoms in total. The lowest BCUT2D eigenvalue weighted by Crippen LogP contribution is -2.32. The molecule has 0 unspecified atom stereocenters. The quantitative estimate of drug-likeness (QED) is 0.450. The van der Waals surface area contributed by atoms with Gasteiger partial charge in [-0.05, 0) is 30.9 Å². The molecule has 3 aromatic heterocycles. The average Bonchev–Trinajstić information content (AvgIpc) is 3.30. The summed E-state index contributed by atoms with van der Waals surface area (Å²) in [5.41, 5.74) is 2.54. The van der Waals surface area contributed by atoms with Crippen LogP contribution in [0.25, 0.3) is 21.1 Å². The van der Waals surface area contributed by atoms with E-state index in [4.69, 9.17) is 0 Å². The van der Waals surface area contributed by atoms with Crippen LogP contribution < -0.4 is 5.32 Å². The number of fused-ring (bicyclic) bond motifs is 4. The first-order chi connectivity index (χ1) is 14.0. The van der Waals surface area contributed by atoms with Gasteiger partial charge in [-0.1, -0.05) is 0 Å². The van der Waals surface area contributed by atoms with Crippen LogP contribution in [0.2, 0.25) is 0 Å². The predicted octanol–water partition coefficient (Wildman–Crippen LogP) is 3.21. The molecule has 29 heavy (non-hydrogen) atoms.